The van der Waals surface area contributed by atoms with Crippen LogP contribution in [-0.2, 0) is 19.6 Å². The van der Waals surface area contributed by atoms with Gasteiger partial charge in [0.05, 0.1) is 34.8 Å². The second-order valence-electron chi connectivity index (χ2n) is 8.72. The Morgan fingerprint density at radius 3 is 2.70 bits per heavy atom. The van der Waals surface area contributed by atoms with E-state index in [0.717, 1.165) is 59.3 Å². The molecule has 1 aromatic carbocycles. The van der Waals surface area contributed by atoms with Crippen LogP contribution in [0, 0.1) is 5.92 Å². The largest absolute Gasteiger partial charge is 0.329 e. The molecule has 3 aromatic heterocycles. The highest BCUT2D eigenvalue weighted by Gasteiger charge is 2.29. The van der Waals surface area contributed by atoms with Crippen LogP contribution in [-0.4, -0.2) is 23.7 Å². The zero-order valence-corrected chi connectivity index (χ0v) is 17.6. The number of nitrogens with two attached hydrogens (primary N) is 1. The molecule has 1 saturated carbocycles. The quantitative estimate of drug-likeness (QED) is 0.511. The monoisotopic (exact) mass is 404 g/mol. The first-order chi connectivity index (χ1) is 14.6. The van der Waals surface area contributed by atoms with Crippen LogP contribution in [0.4, 0.5) is 0 Å². The predicted molar refractivity (Wildman–Crippen MR) is 118 cm³/mol. The topological polar surface area (TPSA) is 83.7 Å². The molecule has 0 aliphatic heterocycles. The van der Waals surface area contributed by atoms with Crippen molar-refractivity contribution in [2.75, 3.05) is 0 Å². The van der Waals surface area contributed by atoms with Gasteiger partial charge in [0.1, 0.15) is 5.82 Å². The SMILES string of the molecule is CC(C)CCn1c(Cn2c(=O)n(C3CC3)c3ccncc32)nc2cc(CN)ccc21. The lowest BCUT2D eigenvalue weighted by molar-refractivity contribution is 0.506. The lowest BCUT2D eigenvalue weighted by Gasteiger charge is -2.12. The number of aromatic nitrogens is 5. The molecule has 0 saturated heterocycles. The van der Waals surface area contributed by atoms with Crippen molar-refractivity contribution in [2.24, 2.45) is 11.7 Å². The Morgan fingerprint density at radius 2 is 1.97 bits per heavy atom. The number of hydrogen-bond acceptors (Lipinski definition) is 4. The first kappa shape index (κ1) is 19.1. The van der Waals surface area contributed by atoms with Crippen LogP contribution >= 0.6 is 0 Å². The summed E-state index contributed by atoms with van der Waals surface area (Å²) in [5.41, 5.74) is 10.8. The Morgan fingerprint density at radius 1 is 1.13 bits per heavy atom. The average Bonchev–Trinajstić information content (AvgIpc) is 3.46. The van der Waals surface area contributed by atoms with E-state index >= 15 is 0 Å². The van der Waals surface area contributed by atoms with Crippen molar-refractivity contribution in [3.05, 3.63) is 58.5 Å². The molecular weight excluding hydrogens is 376 g/mol. The van der Waals surface area contributed by atoms with Crippen LogP contribution < -0.4 is 11.4 Å². The minimum absolute atomic E-state index is 0.0330. The van der Waals surface area contributed by atoms with Gasteiger partial charge in [-0.1, -0.05) is 19.9 Å². The number of nitrogens with zero attached hydrogens (tertiary/aromatic N) is 5. The first-order valence-corrected chi connectivity index (χ1v) is 10.8. The molecule has 0 bridgehead atoms. The van der Waals surface area contributed by atoms with Gasteiger partial charge >= 0.3 is 5.69 Å². The fraction of sp³-hybridized carbons (Fsp3) is 0.435. The summed E-state index contributed by atoms with van der Waals surface area (Å²) in [5, 5.41) is 0. The van der Waals surface area contributed by atoms with E-state index in [1.54, 1.807) is 12.4 Å². The third-order valence-electron chi connectivity index (χ3n) is 6.03. The van der Waals surface area contributed by atoms with Crippen LogP contribution in [0.1, 0.15) is 50.5 Å². The van der Waals surface area contributed by atoms with E-state index in [-0.39, 0.29) is 5.69 Å². The summed E-state index contributed by atoms with van der Waals surface area (Å²) in [6.45, 7) is 6.25. The highest BCUT2D eigenvalue weighted by Crippen LogP contribution is 2.36. The molecule has 5 rings (SSSR count). The predicted octanol–water partition coefficient (Wildman–Crippen LogP) is 3.44. The summed E-state index contributed by atoms with van der Waals surface area (Å²) in [7, 11) is 0. The van der Waals surface area contributed by atoms with Gasteiger partial charge in [-0.15, -0.1) is 0 Å². The molecule has 1 aliphatic rings. The van der Waals surface area contributed by atoms with Gasteiger partial charge < -0.3 is 10.3 Å². The van der Waals surface area contributed by atoms with Crippen molar-refractivity contribution in [3.8, 4) is 0 Å². The zero-order chi connectivity index (χ0) is 20.8. The molecule has 1 fully saturated rings. The van der Waals surface area contributed by atoms with Crippen LogP contribution in [0.2, 0.25) is 0 Å². The van der Waals surface area contributed by atoms with Crippen molar-refractivity contribution >= 4 is 22.1 Å². The molecule has 3 heterocycles. The van der Waals surface area contributed by atoms with E-state index in [2.05, 4.69) is 41.6 Å². The lowest BCUT2D eigenvalue weighted by Crippen LogP contribution is -2.25. The van der Waals surface area contributed by atoms with Crippen molar-refractivity contribution in [2.45, 2.75) is 58.8 Å². The van der Waals surface area contributed by atoms with Crippen molar-refractivity contribution in [1.29, 1.82) is 0 Å². The standard InChI is InChI=1S/C23H28N6O/c1-15(2)8-10-27-19-6-3-16(12-24)11-18(19)26-22(27)14-28-21-13-25-9-7-20(21)29(23(28)30)17-4-5-17/h3,6-7,9,11,13,15,17H,4-5,8,10,12,14,24H2,1-2H3. The van der Waals surface area contributed by atoms with E-state index in [0.29, 0.717) is 25.0 Å². The number of benzene rings is 1. The maximum Gasteiger partial charge on any atom is 0.329 e. The van der Waals surface area contributed by atoms with E-state index in [4.69, 9.17) is 10.7 Å². The maximum absolute atomic E-state index is 13.3. The Labute approximate surface area is 175 Å². The summed E-state index contributed by atoms with van der Waals surface area (Å²) >= 11 is 0. The van der Waals surface area contributed by atoms with E-state index in [9.17, 15) is 4.79 Å². The highest BCUT2D eigenvalue weighted by atomic mass is 16.1. The molecule has 7 heteroatoms. The van der Waals surface area contributed by atoms with Gasteiger partial charge in [-0.25, -0.2) is 9.78 Å². The normalized spacial score (nSPS) is 14.4. The third-order valence-corrected chi connectivity index (χ3v) is 6.03. The van der Waals surface area contributed by atoms with Gasteiger partial charge in [0.15, 0.2) is 0 Å². The molecule has 4 aromatic rings. The van der Waals surface area contributed by atoms with E-state index < -0.39 is 0 Å². The minimum atomic E-state index is 0.0330. The summed E-state index contributed by atoms with van der Waals surface area (Å²) in [6, 6.07) is 8.49. The third kappa shape index (κ3) is 3.23. The van der Waals surface area contributed by atoms with Gasteiger partial charge in [-0.3, -0.25) is 14.1 Å². The van der Waals surface area contributed by atoms with Gasteiger partial charge in [0, 0.05) is 25.3 Å². The molecule has 7 nitrogen and oxygen atoms in total. The van der Waals surface area contributed by atoms with E-state index in [1.165, 1.54) is 0 Å². The molecule has 0 spiro atoms. The molecule has 0 amide bonds. The molecule has 0 atom stereocenters. The fourth-order valence-corrected chi connectivity index (χ4v) is 4.22. The van der Waals surface area contributed by atoms with Gasteiger partial charge in [-0.2, -0.15) is 0 Å². The number of imidazole rings is 2. The van der Waals surface area contributed by atoms with Crippen LogP contribution in [0.15, 0.2) is 41.5 Å². The van der Waals surface area contributed by atoms with Crippen molar-refractivity contribution in [1.82, 2.24) is 23.7 Å². The summed E-state index contributed by atoms with van der Waals surface area (Å²) in [6.07, 6.45) is 6.74. The molecular formula is C23H28N6O. The Balaban J connectivity index is 1.64. The highest BCUT2D eigenvalue weighted by molar-refractivity contribution is 5.77. The van der Waals surface area contributed by atoms with Gasteiger partial charge in [0.2, 0.25) is 0 Å². The molecule has 30 heavy (non-hydrogen) atoms. The van der Waals surface area contributed by atoms with Gasteiger partial charge in [-0.05, 0) is 48.9 Å². The Hall–Kier alpha value is -2.93. The number of fused-ring (bicyclic) bond motifs is 2. The van der Waals surface area contributed by atoms with Crippen LogP contribution in [0.25, 0.3) is 22.1 Å². The number of pyridine rings is 1. The smallest absolute Gasteiger partial charge is 0.326 e. The molecule has 0 unspecified atom stereocenters. The lowest BCUT2D eigenvalue weighted by atomic mass is 10.1. The minimum Gasteiger partial charge on any atom is -0.326 e. The van der Waals surface area contributed by atoms with Crippen LogP contribution in [0.5, 0.6) is 0 Å². The second-order valence-corrected chi connectivity index (χ2v) is 8.72. The number of rotatable bonds is 7. The fourth-order valence-electron chi connectivity index (χ4n) is 4.22. The number of aryl methyl sites for hydroxylation is 1. The Bertz CT molecular complexity index is 1270. The van der Waals surface area contributed by atoms with Gasteiger partial charge in [0.25, 0.3) is 0 Å². The van der Waals surface area contributed by atoms with Crippen molar-refractivity contribution in [3.63, 3.8) is 0 Å². The summed E-state index contributed by atoms with van der Waals surface area (Å²) in [5.74, 6) is 1.49. The van der Waals surface area contributed by atoms with E-state index in [1.807, 2.05) is 15.2 Å². The average molecular weight is 405 g/mol. The summed E-state index contributed by atoms with van der Waals surface area (Å²) < 4.78 is 6.03. The summed E-state index contributed by atoms with van der Waals surface area (Å²) in [4.78, 5) is 22.5. The zero-order valence-electron chi connectivity index (χ0n) is 17.6. The second kappa shape index (κ2) is 7.40. The maximum atomic E-state index is 13.3. The Kier molecular flexibility index (Phi) is 4.70. The molecule has 1 aliphatic carbocycles. The van der Waals surface area contributed by atoms with Crippen LogP contribution in [0.3, 0.4) is 0 Å². The van der Waals surface area contributed by atoms with Crippen molar-refractivity contribution < 1.29 is 0 Å². The molecule has 156 valence electrons. The molecule has 0 radical (unpaired) electrons. The molecule has 2 N–H and O–H groups in total. The number of hydrogen-bond donors (Lipinski definition) is 1. The first-order valence-electron chi connectivity index (χ1n) is 10.8.